The number of anilines is 1. The van der Waals surface area contributed by atoms with Crippen molar-refractivity contribution in [2.45, 2.75) is 70.3 Å². The van der Waals surface area contributed by atoms with Crippen molar-refractivity contribution in [3.05, 3.63) is 53.7 Å². The van der Waals surface area contributed by atoms with Gasteiger partial charge in [-0.3, -0.25) is 43.6 Å². The molecule has 5 fully saturated rings. The molecule has 0 radical (unpaired) electrons. The predicted molar refractivity (Wildman–Crippen MR) is 288 cm³/mol. The van der Waals surface area contributed by atoms with E-state index in [1.54, 1.807) is 39.7 Å². The van der Waals surface area contributed by atoms with E-state index in [1.165, 1.54) is 0 Å². The van der Waals surface area contributed by atoms with Gasteiger partial charge in [-0.15, -0.1) is 0 Å². The van der Waals surface area contributed by atoms with Crippen LogP contribution in [0.15, 0.2) is 42.5 Å². The molecule has 2 amide bonds. The van der Waals surface area contributed by atoms with E-state index < -0.39 is 35.3 Å². The molecule has 22 heteroatoms. The molecule has 0 spiro atoms. The molecule has 77 heavy (non-hydrogen) atoms. The Balaban J connectivity index is 0.942. The quantitative estimate of drug-likeness (QED) is 0.0599. The van der Waals surface area contributed by atoms with Crippen LogP contribution < -0.4 is 25.4 Å². The van der Waals surface area contributed by atoms with Crippen LogP contribution in [0.2, 0.25) is 0 Å². The van der Waals surface area contributed by atoms with E-state index in [2.05, 4.69) is 40.8 Å². The SMILES string of the molecule is COc1cccc(OC)c1-c1cc(C(=O)NC2(C(=O)O)C3CC4CC(C3)CC2C4)nn1-c1ccc(NCCCN(C)CCCNC(=O)CN2CCN(CC(=O)O)CCN(CC(=O)O)CCN(CC(=O)O)CC2)cc1C(C)C. The maximum atomic E-state index is 14.5. The highest BCUT2D eigenvalue weighted by Crippen LogP contribution is 2.58. The van der Waals surface area contributed by atoms with Crippen LogP contribution in [0.3, 0.4) is 0 Å². The van der Waals surface area contributed by atoms with Crippen LogP contribution >= 0.6 is 0 Å². The van der Waals surface area contributed by atoms with Crippen molar-refractivity contribution in [3.63, 3.8) is 0 Å². The summed E-state index contributed by atoms with van der Waals surface area (Å²) in [6, 6.07) is 13.2. The monoisotopic (exact) mass is 1070 g/mol. The molecule has 422 valence electrons. The Hall–Kier alpha value is -6.33. The first kappa shape index (κ1) is 58.4. The van der Waals surface area contributed by atoms with Gasteiger partial charge in [0.05, 0.1) is 57.3 Å². The first-order valence-electron chi connectivity index (χ1n) is 27.1. The van der Waals surface area contributed by atoms with Crippen LogP contribution in [0.1, 0.15) is 80.8 Å². The second kappa shape index (κ2) is 26.8. The summed E-state index contributed by atoms with van der Waals surface area (Å²) < 4.78 is 13.4. The first-order chi connectivity index (χ1) is 36.9. The summed E-state index contributed by atoms with van der Waals surface area (Å²) in [6.45, 7) is 8.81. The van der Waals surface area contributed by atoms with Gasteiger partial charge in [-0.05, 0) is 137 Å². The molecule has 4 aliphatic carbocycles. The number of carboxylic acids is 4. The molecule has 0 atom stereocenters. The summed E-state index contributed by atoms with van der Waals surface area (Å²) in [5.41, 5.74) is 2.54. The Morgan fingerprint density at radius 1 is 0.688 bits per heavy atom. The number of carboxylic acid groups (broad SMARTS) is 4. The molecule has 1 aromatic heterocycles. The van der Waals surface area contributed by atoms with Crippen LogP contribution in [-0.2, 0) is 24.0 Å². The Morgan fingerprint density at radius 2 is 1.18 bits per heavy atom. The van der Waals surface area contributed by atoms with Gasteiger partial charge in [0.25, 0.3) is 5.91 Å². The van der Waals surface area contributed by atoms with Crippen LogP contribution in [0.25, 0.3) is 16.9 Å². The molecule has 3 aromatic rings. The number of hydrogen-bond acceptors (Lipinski definition) is 15. The summed E-state index contributed by atoms with van der Waals surface area (Å²) in [5, 5.41) is 54.0. The zero-order valence-corrected chi connectivity index (χ0v) is 45.4. The number of nitrogens with zero attached hydrogens (tertiary/aromatic N) is 7. The van der Waals surface area contributed by atoms with Gasteiger partial charge in [0.15, 0.2) is 5.69 Å². The summed E-state index contributed by atoms with van der Waals surface area (Å²) in [4.78, 5) is 85.0. The van der Waals surface area contributed by atoms with Crippen molar-refractivity contribution < 1.29 is 58.7 Å². The van der Waals surface area contributed by atoms with Gasteiger partial charge in [-0.1, -0.05) is 19.9 Å². The third-order valence-electron chi connectivity index (χ3n) is 16.1. The molecular weight excluding hydrogens is 993 g/mol. The van der Waals surface area contributed by atoms with E-state index in [0.29, 0.717) is 106 Å². The average Bonchev–Trinajstić information content (AvgIpc) is 3.83. The van der Waals surface area contributed by atoms with E-state index in [1.807, 2.05) is 42.3 Å². The number of methoxy groups -OCH3 is 2. The Morgan fingerprint density at radius 3 is 1.65 bits per heavy atom. The van der Waals surface area contributed by atoms with Crippen molar-refractivity contribution in [2.75, 3.05) is 131 Å². The second-order valence-corrected chi connectivity index (χ2v) is 21.8. The average molecular weight is 1070 g/mol. The number of rotatable bonds is 25. The van der Waals surface area contributed by atoms with E-state index in [0.717, 1.165) is 68.6 Å². The Kier molecular flexibility index (Phi) is 20.3. The third kappa shape index (κ3) is 15.0. The highest BCUT2D eigenvalue weighted by Gasteiger charge is 2.62. The number of aromatic nitrogens is 2. The molecule has 22 nitrogen and oxygen atoms in total. The van der Waals surface area contributed by atoms with Gasteiger partial charge < -0.3 is 50.8 Å². The van der Waals surface area contributed by atoms with Gasteiger partial charge in [-0.2, -0.15) is 5.10 Å². The minimum absolute atomic E-state index is 0.0382. The summed E-state index contributed by atoms with van der Waals surface area (Å²) in [7, 11) is 5.19. The molecule has 7 N–H and O–H groups in total. The number of benzene rings is 2. The van der Waals surface area contributed by atoms with Crippen LogP contribution in [-0.4, -0.2) is 222 Å². The maximum Gasteiger partial charge on any atom is 0.330 e. The number of hydrogen-bond donors (Lipinski definition) is 7. The predicted octanol–water partition coefficient (Wildman–Crippen LogP) is 3.40. The van der Waals surface area contributed by atoms with Crippen molar-refractivity contribution >= 4 is 41.4 Å². The van der Waals surface area contributed by atoms with Gasteiger partial charge in [0, 0.05) is 71.1 Å². The fraction of sp³-hybridized carbons (Fsp3) is 0.618. The molecule has 2 aromatic carbocycles. The fourth-order valence-electron chi connectivity index (χ4n) is 12.4. The van der Waals surface area contributed by atoms with E-state index in [9.17, 15) is 49.2 Å². The highest BCUT2D eigenvalue weighted by atomic mass is 16.5. The van der Waals surface area contributed by atoms with Crippen molar-refractivity contribution in [3.8, 4) is 28.4 Å². The Labute approximate surface area is 451 Å². The molecule has 8 rings (SSSR count). The number of carbonyl (C=O) groups is 6. The number of nitrogens with one attached hydrogen (secondary N) is 3. The molecule has 2 heterocycles. The number of amides is 2. The molecule has 4 bridgehead atoms. The summed E-state index contributed by atoms with van der Waals surface area (Å²) in [5.74, 6) is -2.87. The molecule has 1 aliphatic heterocycles. The van der Waals surface area contributed by atoms with Crippen LogP contribution in [0.4, 0.5) is 5.69 Å². The standard InChI is InChI=1S/C55H80N10O12/c1-36(2)42-30-41(56-13-7-15-60(3)16-8-14-57-48(66)32-61-17-19-62(33-49(67)68)21-23-64(35-51(71)72)24-22-63(20-18-61)34-50(69)70)11-12-44(42)65-45(52-46(76-4)9-6-10-47(52)77-5)31-43(59-65)53(73)58-55(54(74)75)39-26-37-25-38(28-39)29-40(55)27-37/h6,9-12,30-31,36-40,56H,7-8,13-29,32-35H2,1-5H3,(H,57,66)(H,58,73)(H,67,68)(H,69,70)(H,71,72)(H,74,75). The zero-order valence-electron chi connectivity index (χ0n) is 45.4. The van der Waals surface area contributed by atoms with E-state index in [4.69, 9.17) is 14.6 Å². The lowest BCUT2D eigenvalue weighted by Crippen LogP contribution is -2.70. The minimum atomic E-state index is -1.34. The largest absolute Gasteiger partial charge is 0.496 e. The van der Waals surface area contributed by atoms with Gasteiger partial charge >= 0.3 is 23.9 Å². The maximum absolute atomic E-state index is 14.5. The van der Waals surface area contributed by atoms with Crippen LogP contribution in [0.5, 0.6) is 11.5 Å². The third-order valence-corrected chi connectivity index (χ3v) is 16.1. The molecule has 1 saturated heterocycles. The Bertz CT molecular complexity index is 2470. The number of carbonyl (C=O) groups excluding carboxylic acids is 2. The number of aliphatic carboxylic acids is 4. The molecular formula is C55H80N10O12. The molecule has 5 aliphatic rings. The molecule has 4 saturated carbocycles. The van der Waals surface area contributed by atoms with Gasteiger partial charge in [-0.25, -0.2) is 9.48 Å². The van der Waals surface area contributed by atoms with Crippen molar-refractivity contribution in [1.29, 1.82) is 0 Å². The fourth-order valence-corrected chi connectivity index (χ4v) is 12.4. The molecule has 0 unspecified atom stereocenters. The topological polar surface area (TPSA) is 272 Å². The van der Waals surface area contributed by atoms with Gasteiger partial charge in [0.2, 0.25) is 5.91 Å². The van der Waals surface area contributed by atoms with Crippen LogP contribution in [0, 0.1) is 23.7 Å². The highest BCUT2D eigenvalue weighted by molar-refractivity contribution is 5.98. The van der Waals surface area contributed by atoms with E-state index >= 15 is 0 Å². The summed E-state index contributed by atoms with van der Waals surface area (Å²) >= 11 is 0. The lowest BCUT2D eigenvalue weighted by Gasteiger charge is -2.59. The normalized spacial score (nSPS) is 22.5. The van der Waals surface area contributed by atoms with Crippen molar-refractivity contribution in [1.82, 2.24) is 44.9 Å². The van der Waals surface area contributed by atoms with Crippen molar-refractivity contribution in [2.24, 2.45) is 23.7 Å². The van der Waals surface area contributed by atoms with E-state index in [-0.39, 0.29) is 55.5 Å². The number of ether oxygens (including phenoxy) is 2. The smallest absolute Gasteiger partial charge is 0.330 e. The first-order valence-corrected chi connectivity index (χ1v) is 27.1. The lowest BCUT2D eigenvalue weighted by atomic mass is 9.48. The zero-order chi connectivity index (χ0) is 55.4. The second-order valence-electron chi connectivity index (χ2n) is 21.8. The minimum Gasteiger partial charge on any atom is -0.496 e. The van der Waals surface area contributed by atoms with Gasteiger partial charge in [0.1, 0.15) is 17.0 Å². The summed E-state index contributed by atoms with van der Waals surface area (Å²) in [6.07, 6.45) is 5.92. The lowest BCUT2D eigenvalue weighted by molar-refractivity contribution is -0.163.